The number of allylic oxidation sites excluding steroid dienone is 6. The third kappa shape index (κ3) is 17.9. The van der Waals surface area contributed by atoms with Crippen LogP contribution in [0.25, 0.3) is 0 Å². The Bertz CT molecular complexity index is 1100. The van der Waals surface area contributed by atoms with Crippen molar-refractivity contribution < 1.29 is 4.79 Å². The molecule has 42 heavy (non-hydrogen) atoms. The standard InChI is InChI=1S/C34H55N7O/c1-11-18-31(19-16-17-22-35-23-24-41(10)15-5)33(42)38-29(8)25-32(27(6)14-4)40-34(37-21-13-3)39-30(9)28(7)26-36-20-12-2/h11,14,16-21,25-26,29,35H,9,12-13,15,22-24H2,1-8,10H3,(H,38,42)(H,39,40)/b17-16+,18-11-,27-14-,28-26+,31-19+,32-25+,36-20?,37-21-. The number of aliphatic imine (C=N–C) groups is 3. The molecule has 8 heteroatoms. The molecule has 0 saturated carbocycles. The van der Waals surface area contributed by atoms with Gasteiger partial charge in [0, 0.05) is 55.6 Å². The van der Waals surface area contributed by atoms with Crippen LogP contribution in [0.5, 0.6) is 0 Å². The molecule has 8 nitrogen and oxygen atoms in total. The molecule has 0 aliphatic carbocycles. The van der Waals surface area contributed by atoms with Gasteiger partial charge in [-0.25, -0.2) is 9.98 Å². The molecular weight excluding hydrogens is 522 g/mol. The van der Waals surface area contributed by atoms with Gasteiger partial charge >= 0.3 is 0 Å². The minimum absolute atomic E-state index is 0.162. The van der Waals surface area contributed by atoms with Crippen LogP contribution in [0.1, 0.15) is 68.2 Å². The average Bonchev–Trinajstić information content (AvgIpc) is 2.97. The van der Waals surface area contributed by atoms with E-state index in [-0.39, 0.29) is 11.9 Å². The van der Waals surface area contributed by atoms with Crippen LogP contribution in [0.15, 0.2) is 98.4 Å². The second kappa shape index (κ2) is 24.0. The predicted molar refractivity (Wildman–Crippen MR) is 184 cm³/mol. The minimum atomic E-state index is -0.286. The van der Waals surface area contributed by atoms with Crippen molar-refractivity contribution in [3.05, 3.63) is 83.4 Å². The van der Waals surface area contributed by atoms with Gasteiger partial charge < -0.3 is 20.9 Å². The van der Waals surface area contributed by atoms with Crippen LogP contribution >= 0.6 is 0 Å². The zero-order valence-electron chi connectivity index (χ0n) is 27.5. The molecule has 0 bridgehead atoms. The van der Waals surface area contributed by atoms with Gasteiger partial charge in [0.1, 0.15) is 0 Å². The van der Waals surface area contributed by atoms with Crippen LogP contribution < -0.4 is 16.0 Å². The maximum atomic E-state index is 13.1. The molecule has 0 aromatic heterocycles. The first kappa shape index (κ1) is 38.4. The first-order chi connectivity index (χ1) is 20.1. The highest BCUT2D eigenvalue weighted by atomic mass is 16.1. The van der Waals surface area contributed by atoms with E-state index in [2.05, 4.69) is 51.4 Å². The molecule has 0 fully saturated rings. The summed E-state index contributed by atoms with van der Waals surface area (Å²) in [6, 6.07) is -0.286. The Labute approximate surface area is 255 Å². The van der Waals surface area contributed by atoms with Gasteiger partial charge in [0.25, 0.3) is 5.91 Å². The molecule has 0 aliphatic heterocycles. The number of nitrogens with zero attached hydrogens (tertiary/aromatic N) is 4. The van der Waals surface area contributed by atoms with E-state index in [0.29, 0.717) is 22.9 Å². The Morgan fingerprint density at radius 3 is 2.40 bits per heavy atom. The predicted octanol–water partition coefficient (Wildman–Crippen LogP) is 6.27. The van der Waals surface area contributed by atoms with E-state index in [0.717, 1.165) is 50.2 Å². The van der Waals surface area contributed by atoms with Gasteiger partial charge in [-0.05, 0) is 84.4 Å². The Morgan fingerprint density at radius 1 is 1.07 bits per heavy atom. The van der Waals surface area contributed by atoms with Crippen LogP contribution in [0, 0.1) is 0 Å². The molecule has 1 unspecified atom stereocenters. The summed E-state index contributed by atoms with van der Waals surface area (Å²) < 4.78 is 0. The van der Waals surface area contributed by atoms with E-state index in [1.54, 1.807) is 12.4 Å². The summed E-state index contributed by atoms with van der Waals surface area (Å²) in [5.74, 6) is 0.249. The van der Waals surface area contributed by atoms with Crippen LogP contribution in [0.4, 0.5) is 0 Å². The van der Waals surface area contributed by atoms with Crippen molar-refractivity contribution >= 4 is 24.3 Å². The minimum Gasteiger partial charge on any atom is -0.346 e. The Morgan fingerprint density at radius 2 is 1.79 bits per heavy atom. The molecule has 0 heterocycles. The van der Waals surface area contributed by atoms with Crippen molar-refractivity contribution in [2.75, 3.05) is 33.2 Å². The number of hydrogen-bond acceptors (Lipinski definition) is 5. The molecule has 0 spiro atoms. The molecular formula is C34H55N7O. The van der Waals surface area contributed by atoms with Gasteiger partial charge in [-0.2, -0.15) is 0 Å². The first-order valence-corrected chi connectivity index (χ1v) is 14.9. The summed E-state index contributed by atoms with van der Waals surface area (Å²) in [5, 5.41) is 9.67. The fourth-order valence-electron chi connectivity index (χ4n) is 3.18. The van der Waals surface area contributed by atoms with Crippen molar-refractivity contribution in [1.29, 1.82) is 0 Å². The second-order valence-electron chi connectivity index (χ2n) is 9.75. The van der Waals surface area contributed by atoms with Gasteiger partial charge in [0.15, 0.2) is 0 Å². The van der Waals surface area contributed by atoms with E-state index in [4.69, 9.17) is 4.99 Å². The number of hydrogen-bond donors (Lipinski definition) is 3. The van der Waals surface area contributed by atoms with Crippen LogP contribution in [0.2, 0.25) is 0 Å². The molecule has 0 rings (SSSR count). The first-order valence-electron chi connectivity index (χ1n) is 14.9. The Kier molecular flexibility index (Phi) is 22.0. The fraction of sp³-hybridized carbons (Fsp3) is 0.471. The highest BCUT2D eigenvalue weighted by Crippen LogP contribution is 2.14. The number of carbonyl (C=O) groups excluding carboxylic acids is 1. The van der Waals surface area contributed by atoms with Gasteiger partial charge in [-0.1, -0.05) is 57.7 Å². The summed E-state index contributed by atoms with van der Waals surface area (Å²) in [7, 11) is 2.10. The van der Waals surface area contributed by atoms with Gasteiger partial charge in [-0.15, -0.1) is 0 Å². The van der Waals surface area contributed by atoms with E-state index < -0.39 is 0 Å². The number of carbonyl (C=O) groups is 1. The summed E-state index contributed by atoms with van der Waals surface area (Å²) in [4.78, 5) is 28.9. The Balaban J connectivity index is 5.80. The molecule has 1 atom stereocenters. The van der Waals surface area contributed by atoms with Crippen molar-refractivity contribution in [2.45, 2.75) is 74.3 Å². The van der Waals surface area contributed by atoms with E-state index in [1.807, 2.05) is 97.2 Å². The summed E-state index contributed by atoms with van der Waals surface area (Å²) in [5.41, 5.74) is 3.77. The zero-order chi connectivity index (χ0) is 31.8. The normalized spacial score (nSPS) is 15.1. The second-order valence-corrected chi connectivity index (χ2v) is 9.75. The van der Waals surface area contributed by atoms with Crippen molar-refractivity contribution in [3.63, 3.8) is 0 Å². The maximum Gasteiger partial charge on any atom is 0.251 e. The molecule has 0 radical (unpaired) electrons. The van der Waals surface area contributed by atoms with Gasteiger partial charge in [0.05, 0.1) is 5.70 Å². The SMILES string of the molecule is C=C(NC(/N=C\CC)=N/C(=C/C(C)NC(=O)C(/C=C\C)=C/C=C/CNCCN(C)CC)C(/C)=C\C)/C(C)=C/N=CCC. The largest absolute Gasteiger partial charge is 0.346 e. The third-order valence-corrected chi connectivity index (χ3v) is 6.01. The van der Waals surface area contributed by atoms with Gasteiger partial charge in [0.2, 0.25) is 5.96 Å². The average molecular weight is 578 g/mol. The smallest absolute Gasteiger partial charge is 0.251 e. The molecule has 232 valence electrons. The number of nitrogens with one attached hydrogen (secondary N) is 3. The van der Waals surface area contributed by atoms with E-state index in [1.165, 1.54) is 0 Å². The summed E-state index contributed by atoms with van der Waals surface area (Å²) in [6.45, 7) is 23.7. The van der Waals surface area contributed by atoms with Crippen molar-refractivity contribution in [1.82, 2.24) is 20.9 Å². The van der Waals surface area contributed by atoms with E-state index in [9.17, 15) is 4.79 Å². The highest BCUT2D eigenvalue weighted by molar-refractivity contribution is 5.96. The number of rotatable bonds is 18. The lowest BCUT2D eigenvalue weighted by atomic mass is 10.1. The lowest BCUT2D eigenvalue weighted by Crippen LogP contribution is -2.32. The van der Waals surface area contributed by atoms with Gasteiger partial charge in [-0.3, -0.25) is 9.79 Å². The molecule has 0 aromatic carbocycles. The number of amides is 1. The molecule has 1 amide bonds. The topological polar surface area (TPSA) is 93.5 Å². The number of likely N-dealkylation sites (N-methyl/N-ethyl adjacent to an activating group) is 1. The van der Waals surface area contributed by atoms with Crippen molar-refractivity contribution in [3.8, 4) is 0 Å². The summed E-state index contributed by atoms with van der Waals surface area (Å²) in [6.07, 6.45) is 20.3. The maximum absolute atomic E-state index is 13.1. The monoisotopic (exact) mass is 577 g/mol. The van der Waals surface area contributed by atoms with Crippen molar-refractivity contribution in [2.24, 2.45) is 15.0 Å². The summed E-state index contributed by atoms with van der Waals surface area (Å²) >= 11 is 0. The van der Waals surface area contributed by atoms with Crippen LogP contribution in [-0.4, -0.2) is 68.5 Å². The fourth-order valence-corrected chi connectivity index (χ4v) is 3.18. The molecule has 0 aromatic rings. The Hall–Kier alpha value is -3.62. The van der Waals surface area contributed by atoms with E-state index >= 15 is 0 Å². The molecule has 0 saturated heterocycles. The molecule has 3 N–H and O–H groups in total. The quantitative estimate of drug-likeness (QED) is 0.0589. The number of guanidine groups is 1. The lowest BCUT2D eigenvalue weighted by molar-refractivity contribution is -0.117. The van der Waals surface area contributed by atoms with Crippen LogP contribution in [0.3, 0.4) is 0 Å². The lowest BCUT2D eigenvalue weighted by Gasteiger charge is -2.14. The molecule has 0 aliphatic rings. The third-order valence-electron chi connectivity index (χ3n) is 6.01. The zero-order valence-corrected chi connectivity index (χ0v) is 27.5. The highest BCUT2D eigenvalue weighted by Gasteiger charge is 2.11. The van der Waals surface area contributed by atoms with Crippen LogP contribution in [-0.2, 0) is 4.79 Å².